The Balaban J connectivity index is 1.54. The standard InChI is InChI=1S/C23H30N6O4/c1-23(2,3)33-22(31)28-20(30)16-10-15-11-24-18-17(21(27-15)32-16)19(26-13-25-18)29(4)12-14-8-6-5-7-9-14/h5-9,13,15-16,21,27H,10-12H2,1-4H3,(H,24,25,26)(H,28,30,31)/t15-,16?,21+/m0/s1. The van der Waals surface area contributed by atoms with Crippen molar-refractivity contribution in [2.75, 3.05) is 23.8 Å². The molecule has 33 heavy (non-hydrogen) atoms. The van der Waals surface area contributed by atoms with Crippen molar-refractivity contribution in [2.45, 2.75) is 57.7 Å². The number of fused-ring (bicyclic) bond motifs is 4. The first-order valence-corrected chi connectivity index (χ1v) is 11.0. The van der Waals surface area contributed by atoms with Gasteiger partial charge in [-0.15, -0.1) is 0 Å². The van der Waals surface area contributed by atoms with Crippen molar-refractivity contribution in [3.05, 3.63) is 47.8 Å². The molecule has 1 unspecified atom stereocenters. The van der Waals surface area contributed by atoms with Crippen LogP contribution in [0.5, 0.6) is 0 Å². The number of nitrogens with one attached hydrogen (secondary N) is 3. The van der Waals surface area contributed by atoms with E-state index in [9.17, 15) is 9.59 Å². The average Bonchev–Trinajstić information content (AvgIpc) is 2.88. The summed E-state index contributed by atoms with van der Waals surface area (Å²) >= 11 is 0. The van der Waals surface area contributed by atoms with Gasteiger partial charge < -0.3 is 19.7 Å². The number of anilines is 2. The first kappa shape index (κ1) is 22.9. The second-order valence-corrected chi connectivity index (χ2v) is 9.28. The number of amides is 2. The van der Waals surface area contributed by atoms with E-state index < -0.39 is 29.9 Å². The van der Waals surface area contributed by atoms with Crippen molar-refractivity contribution in [3.8, 4) is 0 Å². The van der Waals surface area contributed by atoms with Gasteiger partial charge in [0.15, 0.2) is 0 Å². The van der Waals surface area contributed by atoms with E-state index in [4.69, 9.17) is 9.47 Å². The minimum Gasteiger partial charge on any atom is -0.444 e. The summed E-state index contributed by atoms with van der Waals surface area (Å²) < 4.78 is 11.3. The summed E-state index contributed by atoms with van der Waals surface area (Å²) in [5.41, 5.74) is 1.17. The Morgan fingerprint density at radius 1 is 1.24 bits per heavy atom. The SMILES string of the molecule is CN(Cc1ccccc1)c1ncnc2c1[C@@H]1N[C@H](CN2)CC(C(=O)NC(=O)OC(C)(C)C)O1. The minimum atomic E-state index is -0.825. The first-order valence-electron chi connectivity index (χ1n) is 11.0. The predicted molar refractivity (Wildman–Crippen MR) is 123 cm³/mol. The summed E-state index contributed by atoms with van der Waals surface area (Å²) in [6.45, 7) is 6.42. The molecule has 176 valence electrons. The zero-order valence-corrected chi connectivity index (χ0v) is 19.3. The lowest BCUT2D eigenvalue weighted by Crippen LogP contribution is -2.52. The quantitative estimate of drug-likeness (QED) is 0.640. The molecule has 1 saturated heterocycles. The number of aromatic nitrogens is 2. The van der Waals surface area contributed by atoms with Crippen LogP contribution in [-0.2, 0) is 20.8 Å². The lowest BCUT2D eigenvalue weighted by molar-refractivity contribution is -0.145. The second kappa shape index (κ2) is 9.32. The van der Waals surface area contributed by atoms with E-state index >= 15 is 0 Å². The molecule has 2 bridgehead atoms. The molecule has 1 aromatic heterocycles. The number of ether oxygens (including phenoxy) is 2. The first-order chi connectivity index (χ1) is 15.7. The Kier molecular flexibility index (Phi) is 6.48. The Hall–Kier alpha value is -3.24. The van der Waals surface area contributed by atoms with Crippen molar-refractivity contribution in [2.24, 2.45) is 0 Å². The van der Waals surface area contributed by atoms with Gasteiger partial charge in [0.1, 0.15) is 35.9 Å². The van der Waals surface area contributed by atoms with E-state index in [2.05, 4.69) is 38.1 Å². The number of imide groups is 1. The molecule has 1 aromatic carbocycles. The molecule has 2 amide bonds. The van der Waals surface area contributed by atoms with Gasteiger partial charge in [0.05, 0.1) is 5.56 Å². The highest BCUT2D eigenvalue weighted by Gasteiger charge is 2.39. The molecule has 3 N–H and O–H groups in total. The summed E-state index contributed by atoms with van der Waals surface area (Å²) in [4.78, 5) is 35.8. The molecule has 3 atom stereocenters. The fraction of sp³-hybridized carbons (Fsp3) is 0.478. The fourth-order valence-electron chi connectivity index (χ4n) is 3.97. The number of carbonyl (C=O) groups excluding carboxylic acids is 2. The third-order valence-electron chi connectivity index (χ3n) is 5.37. The van der Waals surface area contributed by atoms with Gasteiger partial charge in [0.2, 0.25) is 0 Å². The van der Waals surface area contributed by atoms with Crippen LogP contribution in [0.3, 0.4) is 0 Å². The number of benzene rings is 1. The highest BCUT2D eigenvalue weighted by molar-refractivity contribution is 5.94. The normalized spacial score (nSPS) is 21.8. The van der Waals surface area contributed by atoms with E-state index in [-0.39, 0.29) is 6.04 Å². The number of nitrogens with zero attached hydrogens (tertiary/aromatic N) is 3. The number of alkyl carbamates (subject to hydrolysis) is 1. The summed E-state index contributed by atoms with van der Waals surface area (Å²) in [5, 5.41) is 9.06. The Morgan fingerprint density at radius 3 is 2.73 bits per heavy atom. The molecule has 0 radical (unpaired) electrons. The summed E-state index contributed by atoms with van der Waals surface area (Å²) in [5.74, 6) is 0.830. The summed E-state index contributed by atoms with van der Waals surface area (Å²) in [6.07, 6.45) is -0.311. The van der Waals surface area contributed by atoms with Crippen molar-refractivity contribution >= 4 is 23.6 Å². The zero-order chi connectivity index (χ0) is 23.6. The lowest BCUT2D eigenvalue weighted by atomic mass is 10.1. The monoisotopic (exact) mass is 454 g/mol. The van der Waals surface area contributed by atoms with Gasteiger partial charge in [-0.25, -0.2) is 14.8 Å². The van der Waals surface area contributed by atoms with Crippen molar-refractivity contribution in [3.63, 3.8) is 0 Å². The highest BCUT2D eigenvalue weighted by Crippen LogP contribution is 2.36. The number of hydrogen-bond acceptors (Lipinski definition) is 9. The van der Waals surface area contributed by atoms with Gasteiger partial charge in [-0.3, -0.25) is 15.4 Å². The zero-order valence-electron chi connectivity index (χ0n) is 19.3. The third kappa shape index (κ3) is 5.58. The van der Waals surface area contributed by atoms with E-state index in [0.29, 0.717) is 31.1 Å². The molecule has 2 aliphatic rings. The van der Waals surface area contributed by atoms with Gasteiger partial charge in [0.25, 0.3) is 5.91 Å². The molecule has 10 heteroatoms. The largest absolute Gasteiger partial charge is 0.444 e. The molecule has 4 rings (SSSR count). The molecule has 2 aliphatic heterocycles. The maximum absolute atomic E-state index is 12.8. The number of hydrogen-bond donors (Lipinski definition) is 3. The molecule has 0 aliphatic carbocycles. The minimum absolute atomic E-state index is 0.0559. The van der Waals surface area contributed by atoms with E-state index in [0.717, 1.165) is 11.1 Å². The predicted octanol–water partition coefficient (Wildman–Crippen LogP) is 2.34. The molecule has 2 aromatic rings. The van der Waals surface area contributed by atoms with Gasteiger partial charge in [-0.1, -0.05) is 30.3 Å². The van der Waals surface area contributed by atoms with Crippen LogP contribution in [0.25, 0.3) is 0 Å². The molecule has 10 nitrogen and oxygen atoms in total. The maximum Gasteiger partial charge on any atom is 0.414 e. The van der Waals surface area contributed by atoms with E-state index in [1.165, 1.54) is 6.33 Å². The molecule has 0 saturated carbocycles. The smallest absolute Gasteiger partial charge is 0.414 e. The van der Waals surface area contributed by atoms with E-state index in [1.807, 2.05) is 30.1 Å². The van der Waals surface area contributed by atoms with Crippen LogP contribution in [0.2, 0.25) is 0 Å². The number of carbonyl (C=O) groups is 2. The Bertz CT molecular complexity index is 1010. The van der Waals surface area contributed by atoms with Gasteiger partial charge in [0, 0.05) is 26.2 Å². The topological polar surface area (TPSA) is 118 Å². The Labute approximate surface area is 193 Å². The van der Waals surface area contributed by atoms with Crippen LogP contribution in [0.1, 0.15) is 44.5 Å². The highest BCUT2D eigenvalue weighted by atomic mass is 16.6. The van der Waals surface area contributed by atoms with E-state index in [1.54, 1.807) is 20.8 Å². The fourth-order valence-corrected chi connectivity index (χ4v) is 3.97. The van der Waals surface area contributed by atoms with Crippen molar-refractivity contribution in [1.29, 1.82) is 0 Å². The third-order valence-corrected chi connectivity index (χ3v) is 5.37. The molecule has 1 fully saturated rings. The van der Waals surface area contributed by atoms with Gasteiger partial charge in [-0.2, -0.15) is 0 Å². The lowest BCUT2D eigenvalue weighted by Gasteiger charge is -2.35. The van der Waals surface area contributed by atoms with Crippen LogP contribution in [0, 0.1) is 0 Å². The second-order valence-electron chi connectivity index (χ2n) is 9.28. The van der Waals surface area contributed by atoms with Crippen molar-refractivity contribution in [1.82, 2.24) is 20.6 Å². The van der Waals surface area contributed by atoms with Crippen molar-refractivity contribution < 1.29 is 19.1 Å². The maximum atomic E-state index is 12.8. The van der Waals surface area contributed by atoms with Crippen LogP contribution in [-0.4, -0.2) is 53.3 Å². The van der Waals surface area contributed by atoms with Gasteiger partial charge >= 0.3 is 6.09 Å². The summed E-state index contributed by atoms with van der Waals surface area (Å²) in [7, 11) is 1.95. The van der Waals surface area contributed by atoms with Crippen LogP contribution >= 0.6 is 0 Å². The number of rotatable bonds is 4. The van der Waals surface area contributed by atoms with Crippen LogP contribution < -0.4 is 20.9 Å². The Morgan fingerprint density at radius 2 is 2.00 bits per heavy atom. The van der Waals surface area contributed by atoms with Crippen LogP contribution in [0.15, 0.2) is 36.7 Å². The summed E-state index contributed by atoms with van der Waals surface area (Å²) in [6, 6.07) is 10.0. The molecular weight excluding hydrogens is 424 g/mol. The molecule has 0 spiro atoms. The average molecular weight is 455 g/mol. The molecular formula is C23H30N6O4. The van der Waals surface area contributed by atoms with Crippen LogP contribution in [0.4, 0.5) is 16.4 Å². The molecule has 3 heterocycles. The van der Waals surface area contributed by atoms with Gasteiger partial charge in [-0.05, 0) is 32.8 Å².